The van der Waals surface area contributed by atoms with Crippen LogP contribution >= 0.6 is 0 Å². The number of carbonyl (C=O) groups is 1. The lowest BCUT2D eigenvalue weighted by molar-refractivity contribution is 0.0245. The van der Waals surface area contributed by atoms with Gasteiger partial charge in [-0.15, -0.1) is 0 Å². The molecule has 0 atom stereocenters. The third kappa shape index (κ3) is 4.97. The van der Waals surface area contributed by atoms with Gasteiger partial charge in [-0.05, 0) is 76.6 Å². The standard InChI is InChI=1S/C22H35N3O3/c1-4-16-12-18(20-17(19(16)23)6-5-11-28-20)21(26)24-13-15-7-9-25(10-8-15)14-22(2,3)27/h12,15,27H,4-11,13-14,23H2,1-3H3,(H,24,26). The molecule has 2 aliphatic heterocycles. The van der Waals surface area contributed by atoms with E-state index in [9.17, 15) is 9.90 Å². The van der Waals surface area contributed by atoms with Crippen LogP contribution in [0.4, 0.5) is 5.69 Å². The number of aliphatic hydroxyl groups is 1. The molecule has 1 aromatic carbocycles. The molecular formula is C22H35N3O3. The summed E-state index contributed by atoms with van der Waals surface area (Å²) in [6.07, 6.45) is 4.68. The molecule has 156 valence electrons. The maximum Gasteiger partial charge on any atom is 0.255 e. The topological polar surface area (TPSA) is 87.8 Å². The fourth-order valence-electron chi connectivity index (χ4n) is 4.32. The van der Waals surface area contributed by atoms with Crippen molar-refractivity contribution in [2.45, 2.75) is 58.5 Å². The van der Waals surface area contributed by atoms with Gasteiger partial charge < -0.3 is 25.8 Å². The highest BCUT2D eigenvalue weighted by Crippen LogP contribution is 2.36. The molecule has 1 fully saturated rings. The molecule has 0 bridgehead atoms. The highest BCUT2D eigenvalue weighted by molar-refractivity contribution is 5.98. The number of ether oxygens (including phenoxy) is 1. The number of aryl methyl sites for hydroxylation is 1. The molecule has 28 heavy (non-hydrogen) atoms. The van der Waals surface area contributed by atoms with E-state index in [1.165, 1.54) is 0 Å². The van der Waals surface area contributed by atoms with E-state index in [0.717, 1.165) is 62.0 Å². The predicted octanol–water partition coefficient (Wildman–Crippen LogP) is 2.37. The molecule has 6 nitrogen and oxygen atoms in total. The summed E-state index contributed by atoms with van der Waals surface area (Å²) in [6, 6.07) is 1.90. The Morgan fingerprint density at radius 2 is 2.11 bits per heavy atom. The Kier molecular flexibility index (Phi) is 6.50. The first-order chi connectivity index (χ1) is 13.3. The van der Waals surface area contributed by atoms with Crippen LogP contribution in [0.5, 0.6) is 5.75 Å². The zero-order valence-electron chi connectivity index (χ0n) is 17.5. The summed E-state index contributed by atoms with van der Waals surface area (Å²) in [5, 5.41) is 13.1. The number of anilines is 1. The van der Waals surface area contributed by atoms with E-state index < -0.39 is 5.60 Å². The maximum atomic E-state index is 12.9. The second kappa shape index (κ2) is 8.70. The zero-order valence-corrected chi connectivity index (χ0v) is 17.5. The van der Waals surface area contributed by atoms with E-state index in [1.807, 2.05) is 19.9 Å². The van der Waals surface area contributed by atoms with Crippen molar-refractivity contribution in [2.75, 3.05) is 38.5 Å². The Balaban J connectivity index is 1.60. The highest BCUT2D eigenvalue weighted by Gasteiger charge is 2.26. The number of nitrogens with two attached hydrogens (primary N) is 1. The van der Waals surface area contributed by atoms with Crippen molar-refractivity contribution in [1.82, 2.24) is 10.2 Å². The normalized spacial score (nSPS) is 18.4. The number of carbonyl (C=O) groups excluding carboxylic acids is 1. The number of benzene rings is 1. The third-order valence-electron chi connectivity index (χ3n) is 5.82. The highest BCUT2D eigenvalue weighted by atomic mass is 16.5. The number of rotatable bonds is 6. The number of amides is 1. The van der Waals surface area contributed by atoms with Gasteiger partial charge in [-0.25, -0.2) is 0 Å². The number of likely N-dealkylation sites (tertiary alicyclic amines) is 1. The Morgan fingerprint density at radius 3 is 2.75 bits per heavy atom. The van der Waals surface area contributed by atoms with Gasteiger partial charge in [0.1, 0.15) is 5.75 Å². The number of fused-ring (bicyclic) bond motifs is 1. The number of piperidine rings is 1. The summed E-state index contributed by atoms with van der Waals surface area (Å²) in [6.45, 7) is 9.69. The predicted molar refractivity (Wildman–Crippen MR) is 112 cm³/mol. The van der Waals surface area contributed by atoms with Gasteiger partial charge in [0, 0.05) is 24.3 Å². The molecule has 2 heterocycles. The minimum atomic E-state index is -0.660. The van der Waals surface area contributed by atoms with E-state index in [2.05, 4.69) is 17.1 Å². The van der Waals surface area contributed by atoms with Crippen LogP contribution in [0.25, 0.3) is 0 Å². The second-order valence-electron chi connectivity index (χ2n) is 8.85. The Morgan fingerprint density at radius 1 is 1.39 bits per heavy atom. The lowest BCUT2D eigenvalue weighted by atomic mass is 9.94. The summed E-state index contributed by atoms with van der Waals surface area (Å²) in [5.41, 5.74) is 9.07. The van der Waals surface area contributed by atoms with Crippen LogP contribution in [0.1, 0.15) is 61.5 Å². The number of β-amino-alcohol motifs (C(OH)–C–C–N with tert-alkyl or cyclic N) is 1. The second-order valence-corrected chi connectivity index (χ2v) is 8.85. The van der Waals surface area contributed by atoms with Crippen molar-refractivity contribution in [1.29, 1.82) is 0 Å². The van der Waals surface area contributed by atoms with Crippen molar-refractivity contribution in [3.63, 3.8) is 0 Å². The third-order valence-corrected chi connectivity index (χ3v) is 5.82. The van der Waals surface area contributed by atoms with E-state index in [1.54, 1.807) is 0 Å². The summed E-state index contributed by atoms with van der Waals surface area (Å²) in [7, 11) is 0. The fourth-order valence-corrected chi connectivity index (χ4v) is 4.32. The number of nitrogens with zero attached hydrogens (tertiary/aromatic N) is 1. The monoisotopic (exact) mass is 389 g/mol. The number of hydrogen-bond acceptors (Lipinski definition) is 5. The van der Waals surface area contributed by atoms with Crippen LogP contribution < -0.4 is 15.8 Å². The molecule has 0 spiro atoms. The molecule has 1 amide bonds. The first-order valence-corrected chi connectivity index (χ1v) is 10.6. The molecular weight excluding hydrogens is 354 g/mol. The van der Waals surface area contributed by atoms with Crippen molar-refractivity contribution in [3.05, 3.63) is 22.8 Å². The minimum absolute atomic E-state index is 0.0632. The number of nitrogen functional groups attached to an aromatic ring is 1. The fraction of sp³-hybridized carbons (Fsp3) is 0.682. The molecule has 4 N–H and O–H groups in total. The lowest BCUT2D eigenvalue weighted by Crippen LogP contribution is -2.44. The minimum Gasteiger partial charge on any atom is -0.492 e. The summed E-state index contributed by atoms with van der Waals surface area (Å²) in [4.78, 5) is 15.2. The molecule has 6 heteroatoms. The van der Waals surface area contributed by atoms with Crippen molar-refractivity contribution < 1.29 is 14.6 Å². The van der Waals surface area contributed by atoms with Gasteiger partial charge in [-0.3, -0.25) is 4.79 Å². The van der Waals surface area contributed by atoms with Crippen molar-refractivity contribution in [2.24, 2.45) is 5.92 Å². The molecule has 1 saturated heterocycles. The van der Waals surface area contributed by atoms with Crippen LogP contribution in [-0.4, -0.2) is 54.3 Å². The first kappa shape index (κ1) is 20.9. The average molecular weight is 390 g/mol. The van der Waals surface area contributed by atoms with Gasteiger partial charge in [-0.2, -0.15) is 0 Å². The van der Waals surface area contributed by atoms with Crippen LogP contribution in [0.2, 0.25) is 0 Å². The zero-order chi connectivity index (χ0) is 20.3. The smallest absolute Gasteiger partial charge is 0.255 e. The number of hydrogen-bond donors (Lipinski definition) is 3. The maximum absolute atomic E-state index is 12.9. The van der Waals surface area contributed by atoms with Gasteiger partial charge in [0.05, 0.1) is 17.8 Å². The quantitative estimate of drug-likeness (QED) is 0.650. The molecule has 0 aliphatic carbocycles. The molecule has 1 aromatic rings. The lowest BCUT2D eigenvalue weighted by Gasteiger charge is -2.35. The molecule has 3 rings (SSSR count). The van der Waals surface area contributed by atoms with E-state index in [0.29, 0.717) is 36.9 Å². The van der Waals surface area contributed by atoms with Crippen molar-refractivity contribution in [3.8, 4) is 5.75 Å². The molecule has 2 aliphatic rings. The SMILES string of the molecule is CCc1cc(C(=O)NCC2CCN(CC(C)(C)O)CC2)c2c(c1N)CCCO2. The summed E-state index contributed by atoms with van der Waals surface area (Å²) in [5.74, 6) is 1.09. The van der Waals surface area contributed by atoms with E-state index >= 15 is 0 Å². The van der Waals surface area contributed by atoms with Crippen LogP contribution in [-0.2, 0) is 12.8 Å². The molecule has 0 unspecified atom stereocenters. The Bertz CT molecular complexity index is 704. The largest absolute Gasteiger partial charge is 0.492 e. The van der Waals surface area contributed by atoms with Crippen molar-refractivity contribution >= 4 is 11.6 Å². The average Bonchev–Trinajstić information content (AvgIpc) is 2.66. The molecule has 0 aromatic heterocycles. The molecule has 0 saturated carbocycles. The summed E-state index contributed by atoms with van der Waals surface area (Å²) < 4.78 is 5.84. The Hall–Kier alpha value is -1.79. The van der Waals surface area contributed by atoms with Crippen LogP contribution in [0.15, 0.2) is 6.07 Å². The van der Waals surface area contributed by atoms with Gasteiger partial charge >= 0.3 is 0 Å². The van der Waals surface area contributed by atoms with Crippen LogP contribution in [0, 0.1) is 5.92 Å². The Labute approximate surface area is 168 Å². The van der Waals surface area contributed by atoms with Crippen LogP contribution in [0.3, 0.4) is 0 Å². The summed E-state index contributed by atoms with van der Waals surface area (Å²) >= 11 is 0. The van der Waals surface area contributed by atoms with E-state index in [-0.39, 0.29) is 5.91 Å². The first-order valence-electron chi connectivity index (χ1n) is 10.6. The number of nitrogens with one attached hydrogen (secondary N) is 1. The molecule has 0 radical (unpaired) electrons. The van der Waals surface area contributed by atoms with Gasteiger partial charge in [0.15, 0.2) is 0 Å². The van der Waals surface area contributed by atoms with E-state index in [4.69, 9.17) is 10.5 Å². The van der Waals surface area contributed by atoms with Gasteiger partial charge in [-0.1, -0.05) is 6.92 Å². The van der Waals surface area contributed by atoms with Gasteiger partial charge in [0.25, 0.3) is 5.91 Å². The van der Waals surface area contributed by atoms with Gasteiger partial charge in [0.2, 0.25) is 0 Å².